The Bertz CT molecular complexity index is 558. The zero-order valence-electron chi connectivity index (χ0n) is 12.9. The third-order valence-corrected chi connectivity index (χ3v) is 4.42. The predicted molar refractivity (Wildman–Crippen MR) is 77.9 cm³/mol. The lowest BCUT2D eigenvalue weighted by Crippen LogP contribution is -2.62. The molecule has 0 aromatic carbocycles. The molecule has 1 aliphatic rings. The van der Waals surface area contributed by atoms with Gasteiger partial charge in [0.05, 0.1) is 12.1 Å². The number of carbonyl (C=O) groups excluding carboxylic acids is 2. The van der Waals surface area contributed by atoms with Gasteiger partial charge in [-0.1, -0.05) is 0 Å². The smallest absolute Gasteiger partial charge is 0.240 e. The van der Waals surface area contributed by atoms with Gasteiger partial charge in [-0.25, -0.2) is 0 Å². The highest BCUT2D eigenvalue weighted by Gasteiger charge is 2.38. The van der Waals surface area contributed by atoms with E-state index < -0.39 is 5.54 Å². The summed E-state index contributed by atoms with van der Waals surface area (Å²) in [6.07, 6.45) is 0. The number of ketones is 1. The Kier molecular flexibility index (Phi) is 3.73. The van der Waals surface area contributed by atoms with Gasteiger partial charge in [0.2, 0.25) is 5.91 Å². The highest BCUT2D eigenvalue weighted by molar-refractivity contribution is 5.99. The van der Waals surface area contributed by atoms with Gasteiger partial charge in [-0.3, -0.25) is 14.5 Å². The van der Waals surface area contributed by atoms with Crippen molar-refractivity contribution in [1.29, 1.82) is 0 Å². The van der Waals surface area contributed by atoms with Gasteiger partial charge < -0.3 is 9.88 Å². The molecule has 1 aromatic rings. The van der Waals surface area contributed by atoms with Gasteiger partial charge in [0.1, 0.15) is 0 Å². The summed E-state index contributed by atoms with van der Waals surface area (Å²) >= 11 is 0. The molecule has 0 saturated carbocycles. The average Bonchev–Trinajstić information content (AvgIpc) is 2.63. The first-order chi connectivity index (χ1) is 9.25. The first kappa shape index (κ1) is 14.8. The lowest BCUT2D eigenvalue weighted by molar-refractivity contribution is -0.134. The molecule has 1 amide bonds. The van der Waals surface area contributed by atoms with Crippen molar-refractivity contribution in [3.05, 3.63) is 23.0 Å². The van der Waals surface area contributed by atoms with Crippen LogP contribution in [0.3, 0.4) is 0 Å². The van der Waals surface area contributed by atoms with Crippen molar-refractivity contribution < 1.29 is 9.59 Å². The fraction of sp³-hybridized carbons (Fsp3) is 0.600. The largest absolute Gasteiger partial charge is 0.353 e. The van der Waals surface area contributed by atoms with E-state index in [4.69, 9.17) is 0 Å². The molecule has 0 atom stereocenters. The number of aromatic nitrogens is 1. The van der Waals surface area contributed by atoms with E-state index in [1.165, 1.54) is 0 Å². The van der Waals surface area contributed by atoms with Gasteiger partial charge in [0.25, 0.3) is 0 Å². The molecule has 0 unspecified atom stereocenters. The molecule has 2 heterocycles. The number of hydrogen-bond donors (Lipinski definition) is 1. The molecule has 0 radical (unpaired) electrons. The van der Waals surface area contributed by atoms with E-state index in [-0.39, 0.29) is 18.2 Å². The van der Waals surface area contributed by atoms with Crippen molar-refractivity contribution in [2.45, 2.75) is 33.2 Å². The Morgan fingerprint density at radius 1 is 1.40 bits per heavy atom. The molecule has 5 heteroatoms. The predicted octanol–water partition coefficient (Wildman–Crippen LogP) is 1.04. The van der Waals surface area contributed by atoms with Gasteiger partial charge >= 0.3 is 0 Å². The third kappa shape index (κ3) is 2.38. The summed E-state index contributed by atoms with van der Waals surface area (Å²) in [6, 6.07) is 1.93. The highest BCUT2D eigenvalue weighted by atomic mass is 16.2. The number of rotatable bonds is 3. The van der Waals surface area contributed by atoms with Gasteiger partial charge in [-0.2, -0.15) is 0 Å². The van der Waals surface area contributed by atoms with Crippen molar-refractivity contribution in [3.63, 3.8) is 0 Å². The van der Waals surface area contributed by atoms with Crippen molar-refractivity contribution in [3.8, 4) is 0 Å². The Morgan fingerprint density at radius 2 is 2.05 bits per heavy atom. The average molecular weight is 277 g/mol. The molecule has 20 heavy (non-hydrogen) atoms. The van der Waals surface area contributed by atoms with Crippen LogP contribution < -0.4 is 5.32 Å². The highest BCUT2D eigenvalue weighted by Crippen LogP contribution is 2.20. The minimum absolute atomic E-state index is 0.0162. The second kappa shape index (κ2) is 5.05. The second-order valence-electron chi connectivity index (χ2n) is 6.00. The Labute approximate surface area is 119 Å². The number of amides is 1. The van der Waals surface area contributed by atoms with E-state index in [0.29, 0.717) is 13.1 Å². The molecule has 1 aliphatic heterocycles. The van der Waals surface area contributed by atoms with E-state index in [0.717, 1.165) is 17.0 Å². The number of piperazine rings is 1. The fourth-order valence-corrected chi connectivity index (χ4v) is 2.62. The van der Waals surface area contributed by atoms with Crippen LogP contribution in [-0.4, -0.2) is 46.3 Å². The minimum Gasteiger partial charge on any atom is -0.353 e. The van der Waals surface area contributed by atoms with Gasteiger partial charge in [-0.15, -0.1) is 0 Å². The van der Waals surface area contributed by atoms with E-state index in [2.05, 4.69) is 5.32 Å². The number of hydrogen-bond acceptors (Lipinski definition) is 3. The molecule has 1 saturated heterocycles. The summed E-state index contributed by atoms with van der Waals surface area (Å²) in [6.45, 7) is 9.24. The van der Waals surface area contributed by atoms with Crippen molar-refractivity contribution in [2.75, 3.05) is 19.6 Å². The van der Waals surface area contributed by atoms with Gasteiger partial charge in [0.15, 0.2) is 5.78 Å². The summed E-state index contributed by atoms with van der Waals surface area (Å²) in [5.41, 5.74) is 2.17. The maximum Gasteiger partial charge on any atom is 0.240 e. The lowest BCUT2D eigenvalue weighted by Gasteiger charge is -2.40. The van der Waals surface area contributed by atoms with Crippen LogP contribution in [0.5, 0.6) is 0 Å². The maximum atomic E-state index is 12.5. The van der Waals surface area contributed by atoms with E-state index in [1.807, 2.05) is 50.3 Å². The summed E-state index contributed by atoms with van der Waals surface area (Å²) in [4.78, 5) is 26.4. The van der Waals surface area contributed by atoms with Gasteiger partial charge in [0, 0.05) is 37.1 Å². The molecule has 0 spiro atoms. The molecule has 5 nitrogen and oxygen atoms in total. The minimum atomic E-state index is -0.633. The van der Waals surface area contributed by atoms with E-state index in [1.54, 1.807) is 0 Å². The van der Waals surface area contributed by atoms with Crippen LogP contribution in [0.25, 0.3) is 0 Å². The van der Waals surface area contributed by atoms with Crippen LogP contribution >= 0.6 is 0 Å². The molecule has 1 N–H and O–H groups in total. The van der Waals surface area contributed by atoms with Crippen molar-refractivity contribution >= 4 is 11.7 Å². The monoisotopic (exact) mass is 277 g/mol. The van der Waals surface area contributed by atoms with Crippen molar-refractivity contribution in [1.82, 2.24) is 14.8 Å². The zero-order valence-corrected chi connectivity index (χ0v) is 12.9. The standard InChI is InChI=1S/C15H23N3O2/c1-10-8-12(11(2)17(10)5)13(19)9-18-7-6-16-14(20)15(18,3)4/h8H,6-7,9H2,1-5H3,(H,16,20). The number of carbonyl (C=O) groups is 2. The van der Waals surface area contributed by atoms with Gasteiger partial charge in [-0.05, 0) is 33.8 Å². The van der Waals surface area contributed by atoms with E-state index in [9.17, 15) is 9.59 Å². The molecule has 0 bridgehead atoms. The summed E-state index contributed by atoms with van der Waals surface area (Å²) < 4.78 is 2.02. The summed E-state index contributed by atoms with van der Waals surface area (Å²) in [5.74, 6) is 0.0616. The molecule has 1 aromatic heterocycles. The quantitative estimate of drug-likeness (QED) is 0.840. The number of aryl methyl sites for hydroxylation is 1. The Morgan fingerprint density at radius 3 is 2.60 bits per heavy atom. The zero-order chi connectivity index (χ0) is 15.1. The number of nitrogens with one attached hydrogen (secondary N) is 1. The van der Waals surface area contributed by atoms with Crippen molar-refractivity contribution in [2.24, 2.45) is 7.05 Å². The SMILES string of the molecule is Cc1cc(C(=O)CN2CCNC(=O)C2(C)C)c(C)n1C. The maximum absolute atomic E-state index is 12.5. The number of Topliss-reactive ketones (excluding diaryl/α,β-unsaturated/α-hetero) is 1. The molecular weight excluding hydrogens is 254 g/mol. The fourth-order valence-electron chi connectivity index (χ4n) is 2.62. The van der Waals surface area contributed by atoms with Crippen LogP contribution in [0.15, 0.2) is 6.07 Å². The summed E-state index contributed by atoms with van der Waals surface area (Å²) in [5, 5.41) is 2.84. The second-order valence-corrected chi connectivity index (χ2v) is 6.00. The van der Waals surface area contributed by atoms with Crippen LogP contribution in [-0.2, 0) is 11.8 Å². The topological polar surface area (TPSA) is 54.3 Å². The Balaban J connectivity index is 2.19. The van der Waals surface area contributed by atoms with Crippen LogP contribution in [0, 0.1) is 13.8 Å². The molecule has 0 aliphatic carbocycles. The lowest BCUT2D eigenvalue weighted by atomic mass is 9.98. The molecule has 110 valence electrons. The molecule has 1 fully saturated rings. The Hall–Kier alpha value is -1.62. The summed E-state index contributed by atoms with van der Waals surface area (Å²) in [7, 11) is 1.96. The van der Waals surface area contributed by atoms with Crippen LogP contribution in [0.2, 0.25) is 0 Å². The third-order valence-electron chi connectivity index (χ3n) is 4.42. The van der Waals surface area contributed by atoms with Crippen LogP contribution in [0.4, 0.5) is 0 Å². The van der Waals surface area contributed by atoms with Crippen LogP contribution in [0.1, 0.15) is 35.6 Å². The van der Waals surface area contributed by atoms with E-state index >= 15 is 0 Å². The number of nitrogens with zero attached hydrogens (tertiary/aromatic N) is 2. The molecule has 2 rings (SSSR count). The first-order valence-electron chi connectivity index (χ1n) is 6.94. The normalized spacial score (nSPS) is 18.9. The first-order valence-corrected chi connectivity index (χ1v) is 6.94. The molecular formula is C15H23N3O2.